The van der Waals surface area contributed by atoms with E-state index in [0.717, 1.165) is 21.9 Å². The molecule has 5 nitrogen and oxygen atoms in total. The number of carbonyl (C=O) groups excluding carboxylic acids is 1. The Bertz CT molecular complexity index is 1210. The van der Waals surface area contributed by atoms with E-state index in [0.29, 0.717) is 16.9 Å². The van der Waals surface area contributed by atoms with Crippen molar-refractivity contribution >= 4 is 30.1 Å². The predicted molar refractivity (Wildman–Crippen MR) is 116 cm³/mol. The molecule has 2 heterocycles. The molecule has 1 N–H and O–H groups in total. The number of aryl methyl sites for hydroxylation is 1. The Morgan fingerprint density at radius 1 is 1.07 bits per heavy atom. The lowest BCUT2D eigenvalue weighted by Crippen LogP contribution is -2.32. The molecule has 0 spiro atoms. The number of furan rings is 1. The van der Waals surface area contributed by atoms with Gasteiger partial charge >= 0.3 is 0 Å². The van der Waals surface area contributed by atoms with Crippen molar-refractivity contribution in [3.05, 3.63) is 99.7 Å². The Labute approximate surface area is 169 Å². The molecule has 0 atom stereocenters. The number of H-pyrrole nitrogens is 1. The number of fused-ring (bicyclic) bond motifs is 1. The topological polar surface area (TPSA) is 66.3 Å². The highest BCUT2D eigenvalue weighted by molar-refractivity contribution is 6.32. The fourth-order valence-corrected chi connectivity index (χ4v) is 3.36. The smallest absolute Gasteiger partial charge is 0.254 e. The number of benzene rings is 2. The molecule has 0 saturated carbocycles. The van der Waals surface area contributed by atoms with Crippen molar-refractivity contribution in [1.82, 2.24) is 9.88 Å². The van der Waals surface area contributed by atoms with Crippen molar-refractivity contribution < 1.29 is 9.21 Å². The van der Waals surface area contributed by atoms with Gasteiger partial charge in [0.1, 0.15) is 13.6 Å². The van der Waals surface area contributed by atoms with E-state index in [1.807, 2.05) is 57.2 Å². The second kappa shape index (κ2) is 7.83. The maximum absolute atomic E-state index is 13.2. The normalized spacial score (nSPS) is 10.9. The Morgan fingerprint density at radius 2 is 1.86 bits per heavy atom. The zero-order valence-electron chi connectivity index (χ0n) is 16.4. The van der Waals surface area contributed by atoms with E-state index in [1.165, 1.54) is 0 Å². The lowest BCUT2D eigenvalue weighted by molar-refractivity contribution is 0.0717. The molecule has 0 saturated heterocycles. The minimum Gasteiger partial charge on any atom is -0.467 e. The van der Waals surface area contributed by atoms with Crippen LogP contribution in [0.5, 0.6) is 0 Å². The zero-order chi connectivity index (χ0) is 20.4. The highest BCUT2D eigenvalue weighted by Crippen LogP contribution is 2.17. The van der Waals surface area contributed by atoms with Crippen LogP contribution in [0, 0.1) is 6.92 Å². The first-order valence-corrected chi connectivity index (χ1v) is 9.50. The SMILES string of the molecule is Bc1ccc(C(=O)N(Cc2ccco2)Cc2cc3cc(C)ccc3[nH]c2=O)cc1. The van der Waals surface area contributed by atoms with E-state index in [1.54, 1.807) is 29.4 Å². The monoisotopic (exact) mass is 384 g/mol. The molecular formula is C23H21BN2O3. The summed E-state index contributed by atoms with van der Waals surface area (Å²) in [5, 5.41) is 0.945. The van der Waals surface area contributed by atoms with Gasteiger partial charge in [0.15, 0.2) is 0 Å². The number of pyridine rings is 1. The number of hydrogen-bond donors (Lipinski definition) is 1. The van der Waals surface area contributed by atoms with E-state index in [-0.39, 0.29) is 24.6 Å². The number of nitrogens with zero attached hydrogens (tertiary/aromatic N) is 1. The number of aromatic nitrogens is 1. The fourth-order valence-electron chi connectivity index (χ4n) is 3.36. The summed E-state index contributed by atoms with van der Waals surface area (Å²) in [6.07, 6.45) is 1.58. The molecular weight excluding hydrogens is 363 g/mol. The van der Waals surface area contributed by atoms with Gasteiger partial charge < -0.3 is 14.3 Å². The average molecular weight is 384 g/mol. The summed E-state index contributed by atoms with van der Waals surface area (Å²) in [5.74, 6) is 0.517. The van der Waals surface area contributed by atoms with Crippen LogP contribution in [-0.2, 0) is 13.1 Å². The van der Waals surface area contributed by atoms with Gasteiger partial charge in [-0.05, 0) is 42.6 Å². The molecule has 29 heavy (non-hydrogen) atoms. The largest absolute Gasteiger partial charge is 0.467 e. The number of hydrogen-bond acceptors (Lipinski definition) is 3. The summed E-state index contributed by atoms with van der Waals surface area (Å²) in [7, 11) is 1.98. The first kappa shape index (κ1) is 18.8. The maximum Gasteiger partial charge on any atom is 0.254 e. The fraction of sp³-hybridized carbons (Fsp3) is 0.130. The van der Waals surface area contributed by atoms with Gasteiger partial charge in [0.25, 0.3) is 11.5 Å². The summed E-state index contributed by atoms with van der Waals surface area (Å²) < 4.78 is 5.44. The van der Waals surface area contributed by atoms with Crippen LogP contribution in [0.3, 0.4) is 0 Å². The molecule has 2 aromatic carbocycles. The van der Waals surface area contributed by atoms with Crippen molar-refractivity contribution in [3.63, 3.8) is 0 Å². The van der Waals surface area contributed by atoms with Crippen LogP contribution in [-0.4, -0.2) is 23.6 Å². The van der Waals surface area contributed by atoms with Gasteiger partial charge in [-0.3, -0.25) is 9.59 Å². The average Bonchev–Trinajstić information content (AvgIpc) is 3.21. The second-order valence-corrected chi connectivity index (χ2v) is 7.32. The number of carbonyl (C=O) groups is 1. The van der Waals surface area contributed by atoms with Crippen LogP contribution in [0.25, 0.3) is 10.9 Å². The molecule has 0 bridgehead atoms. The van der Waals surface area contributed by atoms with Crippen LogP contribution in [0.4, 0.5) is 0 Å². The van der Waals surface area contributed by atoms with Crippen molar-refractivity contribution in [3.8, 4) is 0 Å². The maximum atomic E-state index is 13.2. The van der Waals surface area contributed by atoms with Gasteiger partial charge in [-0.2, -0.15) is 0 Å². The summed E-state index contributed by atoms with van der Waals surface area (Å²) in [6.45, 7) is 2.48. The Morgan fingerprint density at radius 3 is 2.59 bits per heavy atom. The van der Waals surface area contributed by atoms with E-state index in [4.69, 9.17) is 4.42 Å². The Hall–Kier alpha value is -3.54. The van der Waals surface area contributed by atoms with Crippen LogP contribution >= 0.6 is 0 Å². The van der Waals surface area contributed by atoms with Gasteiger partial charge in [0, 0.05) is 16.6 Å². The van der Waals surface area contributed by atoms with E-state index in [9.17, 15) is 9.59 Å². The highest BCUT2D eigenvalue weighted by atomic mass is 16.3. The van der Waals surface area contributed by atoms with Crippen molar-refractivity contribution in [2.45, 2.75) is 20.0 Å². The molecule has 0 aliphatic rings. The lowest BCUT2D eigenvalue weighted by atomic mass is 9.95. The molecule has 0 fully saturated rings. The lowest BCUT2D eigenvalue weighted by Gasteiger charge is -2.22. The van der Waals surface area contributed by atoms with Crippen molar-refractivity contribution in [1.29, 1.82) is 0 Å². The molecule has 0 aliphatic carbocycles. The number of aromatic amines is 1. The molecule has 144 valence electrons. The molecule has 0 unspecified atom stereocenters. The van der Waals surface area contributed by atoms with Crippen LogP contribution in [0.1, 0.15) is 27.2 Å². The van der Waals surface area contributed by atoms with Gasteiger partial charge in [0.2, 0.25) is 0 Å². The summed E-state index contributed by atoms with van der Waals surface area (Å²) >= 11 is 0. The van der Waals surface area contributed by atoms with Gasteiger partial charge in [0.05, 0.1) is 19.4 Å². The first-order valence-electron chi connectivity index (χ1n) is 9.50. The summed E-state index contributed by atoms with van der Waals surface area (Å²) in [4.78, 5) is 30.4. The summed E-state index contributed by atoms with van der Waals surface area (Å²) in [5.41, 5.74) is 3.90. The molecule has 2 aromatic heterocycles. The molecule has 4 aromatic rings. The number of amides is 1. The zero-order valence-corrected chi connectivity index (χ0v) is 16.4. The van der Waals surface area contributed by atoms with E-state index >= 15 is 0 Å². The third-order valence-corrected chi connectivity index (χ3v) is 4.95. The molecule has 4 rings (SSSR count). The Balaban J connectivity index is 1.70. The molecule has 0 aliphatic heterocycles. The predicted octanol–water partition coefficient (Wildman–Crippen LogP) is 2.53. The van der Waals surface area contributed by atoms with Gasteiger partial charge in [-0.1, -0.05) is 41.4 Å². The standard InChI is InChI=1S/C23H21BN2O3/c1-15-4-9-21-17(11-15)12-18(22(27)25-21)13-26(14-20-3-2-10-29-20)23(28)16-5-7-19(24)8-6-16/h2-12H,13-14,24H2,1H3,(H,25,27). The van der Waals surface area contributed by atoms with Gasteiger partial charge in [-0.25, -0.2) is 0 Å². The summed E-state index contributed by atoms with van der Waals surface area (Å²) in [6, 6.07) is 18.8. The first-order chi connectivity index (χ1) is 14.0. The minimum absolute atomic E-state index is 0.148. The van der Waals surface area contributed by atoms with Crippen molar-refractivity contribution in [2.24, 2.45) is 0 Å². The van der Waals surface area contributed by atoms with Gasteiger partial charge in [-0.15, -0.1) is 0 Å². The number of rotatable bonds is 5. The molecule has 6 heteroatoms. The quantitative estimate of drug-likeness (QED) is 0.538. The Kier molecular flexibility index (Phi) is 5.08. The third-order valence-electron chi connectivity index (χ3n) is 4.95. The second-order valence-electron chi connectivity index (χ2n) is 7.32. The van der Waals surface area contributed by atoms with Crippen LogP contribution in [0.15, 0.2) is 76.1 Å². The van der Waals surface area contributed by atoms with Crippen LogP contribution < -0.4 is 11.0 Å². The minimum atomic E-state index is -0.192. The molecule has 0 radical (unpaired) electrons. The van der Waals surface area contributed by atoms with E-state index < -0.39 is 0 Å². The van der Waals surface area contributed by atoms with Crippen molar-refractivity contribution in [2.75, 3.05) is 0 Å². The molecule has 1 amide bonds. The van der Waals surface area contributed by atoms with Crippen LogP contribution in [0.2, 0.25) is 0 Å². The highest BCUT2D eigenvalue weighted by Gasteiger charge is 2.19. The van der Waals surface area contributed by atoms with E-state index in [2.05, 4.69) is 4.98 Å². The number of nitrogens with one attached hydrogen (secondary N) is 1. The third kappa shape index (κ3) is 4.16.